The molecule has 0 fully saturated rings. The molecule has 0 radical (unpaired) electrons. The number of aliphatic imine (C=N–C) groups is 1. The average Bonchev–Trinajstić information content (AvgIpc) is 3.28. The molecular formula is C24H32IN5O. The molecule has 2 N–H and O–H groups in total. The summed E-state index contributed by atoms with van der Waals surface area (Å²) in [5.74, 6) is 1.35. The van der Waals surface area contributed by atoms with Gasteiger partial charge < -0.3 is 15.1 Å². The van der Waals surface area contributed by atoms with E-state index in [-0.39, 0.29) is 24.0 Å². The standard InChI is InChI=1S/C24H31N5O.HI/c1-4-29(5-2)17-20-13-11-19(12-14-20)15-26-24(25-3)27-16-22-18-30-23(28-22)21-9-7-6-8-10-21;/h6-14,18H,4-5,15-17H2,1-3H3,(H2,25,26,27);1H. The highest BCUT2D eigenvalue weighted by Gasteiger charge is 2.07. The SMILES string of the molecule is CCN(CC)Cc1ccc(CNC(=NC)NCc2coc(-c3ccccc3)n2)cc1.I. The first-order chi connectivity index (χ1) is 14.7. The summed E-state index contributed by atoms with van der Waals surface area (Å²) in [6.45, 7) is 8.77. The molecule has 0 spiro atoms. The van der Waals surface area contributed by atoms with Crippen molar-refractivity contribution in [2.45, 2.75) is 33.5 Å². The molecular weight excluding hydrogens is 501 g/mol. The molecule has 0 aliphatic rings. The number of benzene rings is 2. The van der Waals surface area contributed by atoms with Crippen molar-refractivity contribution in [3.8, 4) is 11.5 Å². The third-order valence-corrected chi connectivity index (χ3v) is 5.02. The zero-order valence-corrected chi connectivity index (χ0v) is 20.8. The van der Waals surface area contributed by atoms with Crippen molar-refractivity contribution in [2.75, 3.05) is 20.1 Å². The molecule has 0 saturated carbocycles. The molecule has 0 atom stereocenters. The van der Waals surface area contributed by atoms with E-state index in [1.807, 2.05) is 30.3 Å². The molecule has 7 heteroatoms. The molecule has 1 heterocycles. The van der Waals surface area contributed by atoms with Gasteiger partial charge in [-0.1, -0.05) is 56.3 Å². The molecule has 3 rings (SSSR count). The van der Waals surface area contributed by atoms with Crippen LogP contribution in [0.3, 0.4) is 0 Å². The lowest BCUT2D eigenvalue weighted by molar-refractivity contribution is 0.296. The van der Waals surface area contributed by atoms with Crippen LogP contribution in [0, 0.1) is 0 Å². The van der Waals surface area contributed by atoms with Crippen LogP contribution in [0.2, 0.25) is 0 Å². The molecule has 0 aliphatic heterocycles. The summed E-state index contributed by atoms with van der Waals surface area (Å²) in [6, 6.07) is 18.6. The van der Waals surface area contributed by atoms with Crippen molar-refractivity contribution in [3.63, 3.8) is 0 Å². The Kier molecular flexibility index (Phi) is 10.5. The maximum Gasteiger partial charge on any atom is 0.226 e. The van der Waals surface area contributed by atoms with E-state index < -0.39 is 0 Å². The second-order valence-electron chi connectivity index (χ2n) is 7.07. The Hall–Kier alpha value is -2.39. The van der Waals surface area contributed by atoms with Crippen molar-refractivity contribution in [2.24, 2.45) is 4.99 Å². The molecule has 0 saturated heterocycles. The molecule has 166 valence electrons. The number of oxazole rings is 1. The van der Waals surface area contributed by atoms with Gasteiger partial charge in [0.1, 0.15) is 6.26 Å². The fourth-order valence-electron chi connectivity index (χ4n) is 3.15. The zero-order valence-electron chi connectivity index (χ0n) is 18.5. The molecule has 0 bridgehead atoms. The van der Waals surface area contributed by atoms with Crippen LogP contribution in [0.25, 0.3) is 11.5 Å². The van der Waals surface area contributed by atoms with E-state index in [0.717, 1.165) is 36.9 Å². The van der Waals surface area contributed by atoms with E-state index in [1.54, 1.807) is 13.3 Å². The topological polar surface area (TPSA) is 65.7 Å². The number of guanidine groups is 1. The van der Waals surface area contributed by atoms with Gasteiger partial charge in [0.2, 0.25) is 5.89 Å². The minimum atomic E-state index is 0. The summed E-state index contributed by atoms with van der Waals surface area (Å²) in [6.07, 6.45) is 1.68. The van der Waals surface area contributed by atoms with Gasteiger partial charge in [-0.3, -0.25) is 9.89 Å². The largest absolute Gasteiger partial charge is 0.444 e. The fraction of sp³-hybridized carbons (Fsp3) is 0.333. The lowest BCUT2D eigenvalue weighted by Crippen LogP contribution is -2.36. The van der Waals surface area contributed by atoms with Crippen LogP contribution in [0.5, 0.6) is 0 Å². The van der Waals surface area contributed by atoms with Crippen LogP contribution in [0.4, 0.5) is 0 Å². The quantitative estimate of drug-likeness (QED) is 0.238. The highest BCUT2D eigenvalue weighted by atomic mass is 127. The molecule has 0 amide bonds. The Labute approximate surface area is 202 Å². The Morgan fingerprint density at radius 1 is 0.935 bits per heavy atom. The Morgan fingerprint density at radius 2 is 1.58 bits per heavy atom. The number of hydrogen-bond donors (Lipinski definition) is 2. The Morgan fingerprint density at radius 3 is 2.23 bits per heavy atom. The van der Waals surface area contributed by atoms with Gasteiger partial charge in [0.05, 0.1) is 12.2 Å². The van der Waals surface area contributed by atoms with E-state index in [1.165, 1.54) is 11.1 Å². The number of hydrogen-bond acceptors (Lipinski definition) is 4. The molecule has 0 aliphatic carbocycles. The lowest BCUT2D eigenvalue weighted by Gasteiger charge is -2.18. The van der Waals surface area contributed by atoms with Gasteiger partial charge >= 0.3 is 0 Å². The molecule has 3 aromatic rings. The molecule has 1 aromatic heterocycles. The molecule has 0 unspecified atom stereocenters. The van der Waals surface area contributed by atoms with E-state index >= 15 is 0 Å². The van der Waals surface area contributed by atoms with Gasteiger partial charge in [-0.25, -0.2) is 4.98 Å². The first kappa shape index (κ1) is 24.9. The van der Waals surface area contributed by atoms with Crippen LogP contribution < -0.4 is 10.6 Å². The molecule has 2 aromatic carbocycles. The first-order valence-electron chi connectivity index (χ1n) is 10.5. The van der Waals surface area contributed by atoms with Gasteiger partial charge in [0.25, 0.3) is 0 Å². The minimum absolute atomic E-state index is 0. The molecule has 6 nitrogen and oxygen atoms in total. The van der Waals surface area contributed by atoms with E-state index in [0.29, 0.717) is 19.0 Å². The summed E-state index contributed by atoms with van der Waals surface area (Å²) in [4.78, 5) is 11.2. The maximum atomic E-state index is 5.59. The van der Waals surface area contributed by atoms with Crippen molar-refractivity contribution in [1.29, 1.82) is 0 Å². The van der Waals surface area contributed by atoms with Crippen molar-refractivity contribution >= 4 is 29.9 Å². The van der Waals surface area contributed by atoms with Crippen LogP contribution >= 0.6 is 24.0 Å². The normalized spacial score (nSPS) is 11.3. The molecule has 31 heavy (non-hydrogen) atoms. The van der Waals surface area contributed by atoms with Gasteiger partial charge in [-0.15, -0.1) is 24.0 Å². The Balaban J connectivity index is 0.00000341. The smallest absolute Gasteiger partial charge is 0.226 e. The minimum Gasteiger partial charge on any atom is -0.444 e. The summed E-state index contributed by atoms with van der Waals surface area (Å²) in [7, 11) is 1.76. The lowest BCUT2D eigenvalue weighted by atomic mass is 10.1. The van der Waals surface area contributed by atoms with Gasteiger partial charge in [-0.05, 0) is 36.3 Å². The zero-order chi connectivity index (χ0) is 21.2. The summed E-state index contributed by atoms with van der Waals surface area (Å²) < 4.78 is 5.59. The third-order valence-electron chi connectivity index (χ3n) is 5.02. The van der Waals surface area contributed by atoms with Gasteiger partial charge in [0.15, 0.2) is 5.96 Å². The van der Waals surface area contributed by atoms with Crippen molar-refractivity contribution in [3.05, 3.63) is 77.7 Å². The maximum absolute atomic E-state index is 5.59. The van der Waals surface area contributed by atoms with E-state index in [2.05, 4.69) is 63.6 Å². The highest BCUT2D eigenvalue weighted by molar-refractivity contribution is 14.0. The van der Waals surface area contributed by atoms with Crippen LogP contribution in [-0.2, 0) is 19.6 Å². The van der Waals surface area contributed by atoms with Crippen LogP contribution in [0.15, 0.2) is 70.3 Å². The van der Waals surface area contributed by atoms with Crippen LogP contribution in [0.1, 0.15) is 30.7 Å². The Bertz CT molecular complexity index is 921. The van der Waals surface area contributed by atoms with Crippen molar-refractivity contribution in [1.82, 2.24) is 20.5 Å². The monoisotopic (exact) mass is 533 g/mol. The summed E-state index contributed by atoms with van der Waals surface area (Å²) >= 11 is 0. The number of aromatic nitrogens is 1. The predicted molar refractivity (Wildman–Crippen MR) is 137 cm³/mol. The van der Waals surface area contributed by atoms with E-state index in [9.17, 15) is 0 Å². The average molecular weight is 533 g/mol. The second-order valence-corrected chi connectivity index (χ2v) is 7.07. The van der Waals surface area contributed by atoms with Gasteiger partial charge in [-0.2, -0.15) is 0 Å². The number of rotatable bonds is 9. The highest BCUT2D eigenvalue weighted by Crippen LogP contribution is 2.17. The predicted octanol–water partition coefficient (Wildman–Crippen LogP) is 4.67. The first-order valence-corrected chi connectivity index (χ1v) is 10.5. The summed E-state index contributed by atoms with van der Waals surface area (Å²) in [5, 5.41) is 6.63. The van der Waals surface area contributed by atoms with Crippen LogP contribution in [-0.4, -0.2) is 36.0 Å². The van der Waals surface area contributed by atoms with E-state index in [4.69, 9.17) is 4.42 Å². The second kappa shape index (κ2) is 13.1. The number of halogens is 1. The van der Waals surface area contributed by atoms with Gasteiger partial charge in [0, 0.05) is 25.7 Å². The summed E-state index contributed by atoms with van der Waals surface area (Å²) in [5.41, 5.74) is 4.35. The van der Waals surface area contributed by atoms with Crippen molar-refractivity contribution < 1.29 is 4.42 Å². The number of nitrogens with zero attached hydrogens (tertiary/aromatic N) is 3. The number of nitrogens with one attached hydrogen (secondary N) is 2. The third kappa shape index (κ3) is 7.66. The fourth-order valence-corrected chi connectivity index (χ4v) is 3.15.